The molecule has 0 aliphatic carbocycles. The van der Waals surface area contributed by atoms with Crippen molar-refractivity contribution in [3.8, 4) is 5.75 Å². The molecule has 10 nitrogen and oxygen atoms in total. The molecule has 222 valence electrons. The van der Waals surface area contributed by atoms with Gasteiger partial charge in [0.2, 0.25) is 0 Å². The second kappa shape index (κ2) is 12.2. The predicted molar refractivity (Wildman–Crippen MR) is 140 cm³/mol. The molecule has 16 heteroatoms. The van der Waals surface area contributed by atoms with Crippen LogP contribution < -0.4 is 15.5 Å². The summed E-state index contributed by atoms with van der Waals surface area (Å²) in [6.45, 7) is 5.80. The number of carbonyl (C=O) groups excluding carboxylic acids is 1. The number of hydrogen-bond acceptors (Lipinski definition) is 7. The van der Waals surface area contributed by atoms with Crippen molar-refractivity contribution in [3.63, 3.8) is 0 Å². The van der Waals surface area contributed by atoms with Crippen molar-refractivity contribution in [2.24, 2.45) is 0 Å². The minimum absolute atomic E-state index is 0.181. The average molecular weight is 603 g/mol. The Labute approximate surface area is 237 Å². The van der Waals surface area contributed by atoms with Gasteiger partial charge >= 0.3 is 12.5 Å². The van der Waals surface area contributed by atoms with Crippen LogP contribution in [0.2, 0.25) is 0 Å². The Morgan fingerprint density at radius 1 is 1.15 bits per heavy atom. The fourth-order valence-electron chi connectivity index (χ4n) is 3.70. The zero-order chi connectivity index (χ0) is 30.6. The van der Waals surface area contributed by atoms with Gasteiger partial charge in [-0.2, -0.15) is 5.10 Å². The Morgan fingerprint density at radius 3 is 2.34 bits per heavy atom. The van der Waals surface area contributed by atoms with Crippen LogP contribution >= 0.6 is 12.2 Å². The molecule has 0 aliphatic heterocycles. The molecule has 0 bridgehead atoms. The largest absolute Gasteiger partial charge is 0.573 e. The molecule has 3 aromatic rings. The third-order valence-electron chi connectivity index (χ3n) is 5.51. The minimum atomic E-state index is -4.89. The molecule has 0 saturated carbocycles. The van der Waals surface area contributed by atoms with E-state index in [0.717, 1.165) is 29.3 Å². The van der Waals surface area contributed by atoms with Crippen LogP contribution in [0.5, 0.6) is 5.75 Å². The summed E-state index contributed by atoms with van der Waals surface area (Å²) in [6, 6.07) is 5.78. The van der Waals surface area contributed by atoms with Crippen molar-refractivity contribution in [1.29, 1.82) is 0 Å². The third kappa shape index (κ3) is 8.72. The smallest absolute Gasteiger partial charge is 0.443 e. The summed E-state index contributed by atoms with van der Waals surface area (Å²) in [7, 11) is 0. The number of nitrogens with zero attached hydrogens (tertiary/aromatic N) is 4. The first-order chi connectivity index (χ1) is 19.0. The van der Waals surface area contributed by atoms with E-state index in [2.05, 4.69) is 25.6 Å². The zero-order valence-corrected chi connectivity index (χ0v) is 23.1. The van der Waals surface area contributed by atoms with Crippen LogP contribution in [-0.2, 0) is 16.9 Å². The summed E-state index contributed by atoms with van der Waals surface area (Å²) in [5, 5.41) is 19.4. The minimum Gasteiger partial charge on any atom is -0.443 e. The zero-order valence-electron chi connectivity index (χ0n) is 22.2. The molecule has 0 fully saturated rings. The fourth-order valence-corrected chi connectivity index (χ4v) is 4.03. The number of halogens is 5. The third-order valence-corrected chi connectivity index (χ3v) is 5.81. The number of aliphatic hydroxyl groups is 1. The molecular formula is C25H27F5N6O4S. The van der Waals surface area contributed by atoms with E-state index in [4.69, 9.17) is 17.0 Å². The van der Waals surface area contributed by atoms with E-state index >= 15 is 4.39 Å². The summed E-state index contributed by atoms with van der Waals surface area (Å²) in [5.74, 6) is -2.46. The summed E-state index contributed by atoms with van der Waals surface area (Å²) >= 11 is 5.47. The molecule has 3 rings (SSSR count). The van der Waals surface area contributed by atoms with Crippen molar-refractivity contribution in [2.45, 2.75) is 57.8 Å². The van der Waals surface area contributed by atoms with Crippen LogP contribution in [0.4, 0.5) is 32.4 Å². The van der Waals surface area contributed by atoms with E-state index in [9.17, 15) is 27.5 Å². The van der Waals surface area contributed by atoms with Crippen molar-refractivity contribution in [3.05, 3.63) is 72.3 Å². The number of aromatic nitrogens is 3. The first kappa shape index (κ1) is 31.5. The number of hydrazine groups is 1. The molecular weight excluding hydrogens is 575 g/mol. The van der Waals surface area contributed by atoms with Crippen molar-refractivity contribution in [2.75, 3.05) is 5.32 Å². The van der Waals surface area contributed by atoms with Gasteiger partial charge in [0, 0.05) is 17.3 Å². The van der Waals surface area contributed by atoms with Gasteiger partial charge in [0.1, 0.15) is 41.2 Å². The number of ether oxygens (including phenoxy) is 2. The number of thiocarbonyl (C=S) groups is 1. The topological polar surface area (TPSA) is 114 Å². The molecule has 0 saturated heterocycles. The maximum absolute atomic E-state index is 15.1. The molecule has 1 heterocycles. The molecule has 0 radical (unpaired) electrons. The van der Waals surface area contributed by atoms with Gasteiger partial charge in [-0.1, -0.05) is 6.07 Å². The molecule has 0 spiro atoms. The standard InChI is InChI=1S/C25H27F5N6O4S/c1-15(24(38,12-35-14-31-13-32-35)19-10-5-16(26)11-20(19)27)36(34-22(37)40-23(2,3)4)21(41)33-17-6-8-18(9-7-17)39-25(28,29)30/h5-11,13-15,38H,12H2,1-4H3,(H,33,41)(H,34,37). The monoisotopic (exact) mass is 602 g/mol. The van der Waals surface area contributed by atoms with E-state index in [1.807, 2.05) is 0 Å². The molecule has 2 aromatic carbocycles. The number of alkyl halides is 3. The number of hydrogen-bond donors (Lipinski definition) is 3. The second-order valence-corrected chi connectivity index (χ2v) is 10.2. The van der Waals surface area contributed by atoms with Crippen LogP contribution in [0, 0.1) is 11.6 Å². The van der Waals surface area contributed by atoms with E-state index in [0.29, 0.717) is 6.07 Å². The van der Waals surface area contributed by atoms with E-state index in [1.165, 1.54) is 36.4 Å². The van der Waals surface area contributed by atoms with Gasteiger partial charge in [0.05, 0.1) is 12.6 Å². The van der Waals surface area contributed by atoms with Gasteiger partial charge < -0.3 is 19.9 Å². The van der Waals surface area contributed by atoms with Gasteiger partial charge in [-0.05, 0) is 70.2 Å². The number of rotatable bonds is 7. The summed E-state index contributed by atoms with van der Waals surface area (Å²) in [5.41, 5.74) is -0.938. The van der Waals surface area contributed by atoms with Crippen LogP contribution in [0.15, 0.2) is 55.1 Å². The Morgan fingerprint density at radius 2 is 1.80 bits per heavy atom. The lowest BCUT2D eigenvalue weighted by Gasteiger charge is -2.42. The molecule has 2 atom stereocenters. The molecule has 41 heavy (non-hydrogen) atoms. The van der Waals surface area contributed by atoms with Gasteiger partial charge in [-0.3, -0.25) is 5.01 Å². The van der Waals surface area contributed by atoms with E-state index in [-0.39, 0.29) is 16.4 Å². The maximum atomic E-state index is 15.1. The van der Waals surface area contributed by atoms with Crippen molar-refractivity contribution < 1.29 is 41.3 Å². The first-order valence-corrected chi connectivity index (χ1v) is 12.3. The lowest BCUT2D eigenvalue weighted by Crippen LogP contribution is -2.61. The molecule has 1 aromatic heterocycles. The quantitative estimate of drug-likeness (QED) is 0.198. The Kier molecular flexibility index (Phi) is 9.38. The molecule has 3 N–H and O–H groups in total. The lowest BCUT2D eigenvalue weighted by molar-refractivity contribution is -0.274. The van der Waals surface area contributed by atoms with Gasteiger partial charge in [0.25, 0.3) is 0 Å². The summed E-state index contributed by atoms with van der Waals surface area (Å²) in [6.07, 6.45) is -3.45. The Hall–Kier alpha value is -4.05. The first-order valence-electron chi connectivity index (χ1n) is 11.9. The highest BCUT2D eigenvalue weighted by Crippen LogP contribution is 2.33. The number of amides is 1. The summed E-state index contributed by atoms with van der Waals surface area (Å²) < 4.78 is 76.8. The highest BCUT2D eigenvalue weighted by Gasteiger charge is 2.44. The molecule has 2 unspecified atom stereocenters. The lowest BCUT2D eigenvalue weighted by atomic mass is 9.86. The normalized spacial score (nSPS) is 14.0. The number of carbonyl (C=O) groups is 1. The molecule has 0 aliphatic rings. The van der Waals surface area contributed by atoms with Crippen molar-refractivity contribution >= 4 is 29.1 Å². The van der Waals surface area contributed by atoms with E-state index < -0.39 is 53.6 Å². The number of nitrogens with one attached hydrogen (secondary N) is 2. The molecule has 1 amide bonds. The van der Waals surface area contributed by atoms with Crippen LogP contribution in [0.1, 0.15) is 33.3 Å². The predicted octanol–water partition coefficient (Wildman–Crippen LogP) is 4.87. The highest BCUT2D eigenvalue weighted by atomic mass is 32.1. The van der Waals surface area contributed by atoms with Crippen LogP contribution in [0.3, 0.4) is 0 Å². The number of anilines is 1. The Bertz CT molecular complexity index is 1350. The number of benzene rings is 2. The average Bonchev–Trinajstić information content (AvgIpc) is 3.34. The summed E-state index contributed by atoms with van der Waals surface area (Å²) in [4.78, 5) is 16.6. The van der Waals surface area contributed by atoms with Gasteiger partial charge in [-0.15, -0.1) is 13.2 Å². The van der Waals surface area contributed by atoms with Gasteiger partial charge in [0.15, 0.2) is 5.11 Å². The van der Waals surface area contributed by atoms with E-state index in [1.54, 1.807) is 20.8 Å². The maximum Gasteiger partial charge on any atom is 0.573 e. The SMILES string of the molecule is CC(N(NC(=O)OC(C)(C)C)C(=S)Nc1ccc(OC(F)(F)F)cc1)C(O)(Cn1cncn1)c1ccc(F)cc1F. The second-order valence-electron chi connectivity index (χ2n) is 9.80. The Balaban J connectivity index is 2.00. The van der Waals surface area contributed by atoms with Gasteiger partial charge in [-0.25, -0.2) is 28.7 Å². The van der Waals surface area contributed by atoms with Crippen LogP contribution in [0.25, 0.3) is 0 Å². The van der Waals surface area contributed by atoms with Crippen LogP contribution in [-0.4, -0.2) is 54.1 Å². The highest BCUT2D eigenvalue weighted by molar-refractivity contribution is 7.80. The fraction of sp³-hybridized carbons (Fsp3) is 0.360. The van der Waals surface area contributed by atoms with Crippen molar-refractivity contribution in [1.82, 2.24) is 25.2 Å².